The van der Waals surface area contributed by atoms with Gasteiger partial charge in [-0.25, -0.2) is 0 Å². The van der Waals surface area contributed by atoms with E-state index >= 15 is 0 Å². The molecule has 1 aromatic carbocycles. The molecule has 1 atom stereocenters. The van der Waals surface area contributed by atoms with E-state index in [0.717, 1.165) is 45.2 Å². The van der Waals surface area contributed by atoms with E-state index in [2.05, 4.69) is 29.6 Å². The summed E-state index contributed by atoms with van der Waals surface area (Å²) in [5.41, 5.74) is 2.95. The number of carbonyl (C=O) groups is 2. The van der Waals surface area contributed by atoms with E-state index in [9.17, 15) is 9.59 Å². The molecular formula is C21H28N2O2. The van der Waals surface area contributed by atoms with Gasteiger partial charge in [0.05, 0.1) is 0 Å². The van der Waals surface area contributed by atoms with Crippen molar-refractivity contribution in [1.29, 1.82) is 0 Å². The standard InChI is InChI=1S/C21H28N2O2/c1-15(24)23-11-9-21(10-12-23)14-16(18-7-2-3-8-19(18)21)13-20(25)22-17-5-4-6-17/h2-3,7-8,16-17H,4-6,9-14H2,1H3,(H,22,25)/t16-/m0/s1. The van der Waals surface area contributed by atoms with Crippen molar-refractivity contribution in [3.63, 3.8) is 0 Å². The zero-order valence-corrected chi connectivity index (χ0v) is 15.1. The molecule has 0 bridgehead atoms. The first-order valence-corrected chi connectivity index (χ1v) is 9.72. The molecule has 4 heteroatoms. The number of hydrogen-bond acceptors (Lipinski definition) is 2. The zero-order valence-electron chi connectivity index (χ0n) is 15.1. The maximum Gasteiger partial charge on any atom is 0.220 e. The Labute approximate surface area is 150 Å². The highest BCUT2D eigenvalue weighted by Crippen LogP contribution is 2.52. The molecule has 4 rings (SSSR count). The third-order valence-electron chi connectivity index (χ3n) is 6.68. The second kappa shape index (κ2) is 6.47. The second-order valence-electron chi connectivity index (χ2n) is 8.17. The smallest absolute Gasteiger partial charge is 0.220 e. The highest BCUT2D eigenvalue weighted by atomic mass is 16.2. The Balaban J connectivity index is 1.50. The first kappa shape index (κ1) is 16.6. The van der Waals surface area contributed by atoms with Gasteiger partial charge in [-0.15, -0.1) is 0 Å². The predicted molar refractivity (Wildman–Crippen MR) is 97.4 cm³/mol. The average Bonchev–Trinajstić information content (AvgIpc) is 2.86. The van der Waals surface area contributed by atoms with Gasteiger partial charge in [-0.3, -0.25) is 9.59 Å². The van der Waals surface area contributed by atoms with Crippen LogP contribution in [-0.2, 0) is 15.0 Å². The SMILES string of the molecule is CC(=O)N1CCC2(CC1)C[C@H](CC(=O)NC1CCC1)c1ccccc12. The fourth-order valence-corrected chi connectivity index (χ4v) is 5.00. The van der Waals surface area contributed by atoms with E-state index in [1.54, 1.807) is 6.92 Å². The van der Waals surface area contributed by atoms with E-state index in [-0.39, 0.29) is 17.2 Å². The lowest BCUT2D eigenvalue weighted by Gasteiger charge is -2.40. The first-order chi connectivity index (χ1) is 12.1. The van der Waals surface area contributed by atoms with Gasteiger partial charge in [-0.1, -0.05) is 24.3 Å². The molecule has 1 aromatic rings. The lowest BCUT2D eigenvalue weighted by Crippen LogP contribution is -2.43. The summed E-state index contributed by atoms with van der Waals surface area (Å²) >= 11 is 0. The predicted octanol–water partition coefficient (Wildman–Crippen LogP) is 3.11. The molecular weight excluding hydrogens is 312 g/mol. The van der Waals surface area contributed by atoms with E-state index in [1.807, 2.05) is 4.90 Å². The van der Waals surface area contributed by atoms with Gasteiger partial charge in [-0.05, 0) is 61.0 Å². The molecule has 2 amide bonds. The lowest BCUT2D eigenvalue weighted by molar-refractivity contribution is -0.130. The van der Waals surface area contributed by atoms with Gasteiger partial charge in [0.15, 0.2) is 0 Å². The minimum absolute atomic E-state index is 0.157. The van der Waals surface area contributed by atoms with E-state index in [4.69, 9.17) is 0 Å². The van der Waals surface area contributed by atoms with Crippen molar-refractivity contribution in [2.45, 2.75) is 69.2 Å². The molecule has 0 unspecified atom stereocenters. The first-order valence-electron chi connectivity index (χ1n) is 9.72. The van der Waals surface area contributed by atoms with E-state index < -0.39 is 0 Å². The minimum atomic E-state index is 0.157. The highest BCUT2D eigenvalue weighted by Gasteiger charge is 2.45. The third-order valence-corrected chi connectivity index (χ3v) is 6.68. The van der Waals surface area contributed by atoms with E-state index in [1.165, 1.54) is 17.5 Å². The van der Waals surface area contributed by atoms with Crippen molar-refractivity contribution in [3.05, 3.63) is 35.4 Å². The van der Waals surface area contributed by atoms with Crippen LogP contribution in [0.5, 0.6) is 0 Å². The summed E-state index contributed by atoms with van der Waals surface area (Å²) in [6.45, 7) is 3.34. The summed E-state index contributed by atoms with van der Waals surface area (Å²) in [6, 6.07) is 9.09. The monoisotopic (exact) mass is 340 g/mol. The summed E-state index contributed by atoms with van der Waals surface area (Å²) in [5, 5.41) is 3.20. The minimum Gasteiger partial charge on any atom is -0.353 e. The van der Waals surface area contributed by atoms with Crippen molar-refractivity contribution in [2.75, 3.05) is 13.1 Å². The van der Waals surface area contributed by atoms with Crippen molar-refractivity contribution < 1.29 is 9.59 Å². The number of likely N-dealkylation sites (tertiary alicyclic amines) is 1. The zero-order chi connectivity index (χ0) is 17.4. The topological polar surface area (TPSA) is 49.4 Å². The highest BCUT2D eigenvalue weighted by molar-refractivity contribution is 5.78. The van der Waals surface area contributed by atoms with Gasteiger partial charge in [0, 0.05) is 32.5 Å². The Morgan fingerprint density at radius 1 is 1.20 bits per heavy atom. The molecule has 1 aliphatic heterocycles. The third kappa shape index (κ3) is 3.07. The van der Waals surface area contributed by atoms with Gasteiger partial charge in [0.2, 0.25) is 11.8 Å². The molecule has 1 spiro atoms. The van der Waals surface area contributed by atoms with Crippen LogP contribution in [0.15, 0.2) is 24.3 Å². The maximum atomic E-state index is 12.5. The fourth-order valence-electron chi connectivity index (χ4n) is 5.00. The molecule has 1 heterocycles. The van der Waals surface area contributed by atoms with Gasteiger partial charge in [0.25, 0.3) is 0 Å². The molecule has 134 valence electrons. The van der Waals surface area contributed by atoms with Crippen molar-refractivity contribution in [1.82, 2.24) is 10.2 Å². The number of fused-ring (bicyclic) bond motifs is 2. The van der Waals surface area contributed by atoms with Crippen LogP contribution in [-0.4, -0.2) is 35.8 Å². The molecule has 4 nitrogen and oxygen atoms in total. The Kier molecular flexibility index (Phi) is 4.30. The summed E-state index contributed by atoms with van der Waals surface area (Å²) in [4.78, 5) is 26.1. The van der Waals surface area contributed by atoms with Crippen LogP contribution in [0.4, 0.5) is 0 Å². The molecule has 1 N–H and O–H groups in total. The number of benzene rings is 1. The van der Waals surface area contributed by atoms with Crippen molar-refractivity contribution in [3.8, 4) is 0 Å². The maximum absolute atomic E-state index is 12.5. The van der Waals surface area contributed by atoms with Crippen molar-refractivity contribution in [2.24, 2.45) is 0 Å². The van der Waals surface area contributed by atoms with Crippen LogP contribution in [0, 0.1) is 0 Å². The number of carbonyl (C=O) groups excluding carboxylic acids is 2. The fraction of sp³-hybridized carbons (Fsp3) is 0.619. The lowest BCUT2D eigenvalue weighted by atomic mass is 9.73. The Hall–Kier alpha value is -1.84. The number of nitrogens with one attached hydrogen (secondary N) is 1. The molecule has 2 fully saturated rings. The van der Waals surface area contributed by atoms with E-state index in [0.29, 0.717) is 18.4 Å². The molecule has 1 saturated carbocycles. The number of hydrogen-bond donors (Lipinski definition) is 1. The molecule has 0 radical (unpaired) electrons. The van der Waals surface area contributed by atoms with Crippen molar-refractivity contribution >= 4 is 11.8 Å². The number of piperidine rings is 1. The second-order valence-corrected chi connectivity index (χ2v) is 8.17. The number of amides is 2. The van der Waals surface area contributed by atoms with Gasteiger partial charge < -0.3 is 10.2 Å². The summed E-state index contributed by atoms with van der Waals surface area (Å²) < 4.78 is 0. The Morgan fingerprint density at radius 2 is 1.92 bits per heavy atom. The summed E-state index contributed by atoms with van der Waals surface area (Å²) in [5.74, 6) is 0.709. The number of nitrogens with zero attached hydrogens (tertiary/aromatic N) is 1. The van der Waals surface area contributed by atoms with Gasteiger partial charge in [-0.2, -0.15) is 0 Å². The normalized spacial score (nSPS) is 24.7. The van der Waals surface area contributed by atoms with Crippen LogP contribution < -0.4 is 5.32 Å². The van der Waals surface area contributed by atoms with Gasteiger partial charge in [0.1, 0.15) is 0 Å². The molecule has 25 heavy (non-hydrogen) atoms. The Morgan fingerprint density at radius 3 is 2.56 bits per heavy atom. The van der Waals surface area contributed by atoms with Crippen LogP contribution >= 0.6 is 0 Å². The molecule has 2 aliphatic carbocycles. The van der Waals surface area contributed by atoms with Crippen LogP contribution in [0.2, 0.25) is 0 Å². The summed E-state index contributed by atoms with van der Waals surface area (Å²) in [7, 11) is 0. The summed E-state index contributed by atoms with van der Waals surface area (Å²) in [6.07, 6.45) is 7.21. The largest absolute Gasteiger partial charge is 0.353 e. The van der Waals surface area contributed by atoms with Crippen LogP contribution in [0.25, 0.3) is 0 Å². The quantitative estimate of drug-likeness (QED) is 0.919. The molecule has 0 aromatic heterocycles. The average molecular weight is 340 g/mol. The van der Waals surface area contributed by atoms with Crippen LogP contribution in [0.3, 0.4) is 0 Å². The van der Waals surface area contributed by atoms with Crippen LogP contribution in [0.1, 0.15) is 68.9 Å². The number of rotatable bonds is 3. The molecule has 3 aliphatic rings. The molecule has 1 saturated heterocycles. The van der Waals surface area contributed by atoms with Gasteiger partial charge >= 0.3 is 0 Å². The Bertz CT molecular complexity index is 672.